The van der Waals surface area contributed by atoms with Crippen LogP contribution >= 0.6 is 11.8 Å². The van der Waals surface area contributed by atoms with Gasteiger partial charge in [0, 0.05) is 18.1 Å². The summed E-state index contributed by atoms with van der Waals surface area (Å²) in [5.41, 5.74) is 13.5. The maximum Gasteiger partial charge on any atom is 0.0185 e. The summed E-state index contributed by atoms with van der Waals surface area (Å²) in [4.78, 5) is 0. The van der Waals surface area contributed by atoms with Gasteiger partial charge in [-0.25, -0.2) is 0 Å². The van der Waals surface area contributed by atoms with Crippen LogP contribution in [-0.4, -0.2) is 18.8 Å². The normalized spacial score (nSPS) is 9.81. The Bertz CT molecular complexity index is 445. The van der Waals surface area contributed by atoms with Crippen molar-refractivity contribution >= 4 is 11.8 Å². The third kappa shape index (κ3) is 9.29. The predicted molar refractivity (Wildman–Crippen MR) is 95.5 cm³/mol. The van der Waals surface area contributed by atoms with Crippen LogP contribution in [0.1, 0.15) is 17.5 Å². The molecule has 0 unspecified atom stereocenters. The molecule has 0 amide bonds. The second-order valence-electron chi connectivity index (χ2n) is 4.70. The van der Waals surface area contributed by atoms with Gasteiger partial charge in [0.1, 0.15) is 0 Å². The fraction of sp³-hybridized carbons (Fsp3) is 0.333. The van der Waals surface area contributed by atoms with Crippen molar-refractivity contribution in [3.8, 4) is 0 Å². The summed E-state index contributed by atoms with van der Waals surface area (Å²) in [6, 6.07) is 20.9. The summed E-state index contributed by atoms with van der Waals surface area (Å²) in [5, 5.41) is 0. The zero-order valence-electron chi connectivity index (χ0n) is 12.6. The van der Waals surface area contributed by atoms with Gasteiger partial charge < -0.3 is 11.5 Å². The van der Waals surface area contributed by atoms with E-state index < -0.39 is 0 Å². The van der Waals surface area contributed by atoms with E-state index in [4.69, 9.17) is 11.5 Å². The van der Waals surface area contributed by atoms with Gasteiger partial charge in [0.05, 0.1) is 0 Å². The van der Waals surface area contributed by atoms with Crippen molar-refractivity contribution in [1.29, 1.82) is 0 Å². The number of aryl methyl sites for hydroxylation is 1. The predicted octanol–water partition coefficient (Wildman–Crippen LogP) is 3.46. The van der Waals surface area contributed by atoms with E-state index in [2.05, 4.69) is 48.5 Å². The van der Waals surface area contributed by atoms with E-state index in [1.54, 1.807) is 0 Å². The zero-order valence-corrected chi connectivity index (χ0v) is 13.4. The summed E-state index contributed by atoms with van der Waals surface area (Å²) >= 11 is 1.88. The van der Waals surface area contributed by atoms with E-state index in [0.717, 1.165) is 37.4 Å². The van der Waals surface area contributed by atoms with Crippen LogP contribution in [0.2, 0.25) is 0 Å². The Morgan fingerprint density at radius 3 is 1.81 bits per heavy atom. The molecule has 0 saturated carbocycles. The number of hydrogen-bond donors (Lipinski definition) is 2. The minimum atomic E-state index is 0.775. The highest BCUT2D eigenvalue weighted by Crippen LogP contribution is 2.10. The van der Waals surface area contributed by atoms with Crippen LogP contribution < -0.4 is 11.5 Å². The van der Waals surface area contributed by atoms with Crippen molar-refractivity contribution in [3.63, 3.8) is 0 Å². The number of rotatable bonds is 7. The molecule has 0 heterocycles. The van der Waals surface area contributed by atoms with E-state index in [-0.39, 0.29) is 0 Å². The minimum absolute atomic E-state index is 0.775. The molecule has 0 bridgehead atoms. The molecule has 2 aromatic carbocycles. The topological polar surface area (TPSA) is 52.0 Å². The van der Waals surface area contributed by atoms with Gasteiger partial charge in [-0.15, -0.1) is 0 Å². The molecule has 0 saturated heterocycles. The van der Waals surface area contributed by atoms with Crippen LogP contribution in [0.15, 0.2) is 60.7 Å². The molecule has 4 N–H and O–H groups in total. The Morgan fingerprint density at radius 2 is 1.29 bits per heavy atom. The molecular weight excluding hydrogens is 276 g/mol. The summed E-state index contributed by atoms with van der Waals surface area (Å²) in [6.45, 7) is 1.56. The van der Waals surface area contributed by atoms with E-state index >= 15 is 0 Å². The Morgan fingerprint density at radius 1 is 0.714 bits per heavy atom. The lowest BCUT2D eigenvalue weighted by Gasteiger charge is -1.98. The van der Waals surface area contributed by atoms with Crippen LogP contribution in [-0.2, 0) is 12.2 Å². The summed E-state index contributed by atoms with van der Waals surface area (Å²) < 4.78 is 0. The van der Waals surface area contributed by atoms with Crippen molar-refractivity contribution in [1.82, 2.24) is 0 Å². The van der Waals surface area contributed by atoms with Crippen LogP contribution in [0.3, 0.4) is 0 Å². The van der Waals surface area contributed by atoms with Crippen LogP contribution in [0.4, 0.5) is 0 Å². The van der Waals surface area contributed by atoms with Gasteiger partial charge in [0.15, 0.2) is 0 Å². The van der Waals surface area contributed by atoms with Gasteiger partial charge in [-0.2, -0.15) is 11.8 Å². The van der Waals surface area contributed by atoms with E-state index in [1.807, 2.05) is 23.9 Å². The monoisotopic (exact) mass is 302 g/mol. The average molecular weight is 302 g/mol. The average Bonchev–Trinajstić information content (AvgIpc) is 2.56. The molecule has 2 rings (SSSR count). The first-order valence-electron chi connectivity index (χ1n) is 7.42. The molecule has 0 aromatic heterocycles. The lowest BCUT2D eigenvalue weighted by molar-refractivity contribution is 0.833. The van der Waals surface area contributed by atoms with E-state index in [0.29, 0.717) is 0 Å². The molecule has 0 aliphatic rings. The summed E-state index contributed by atoms with van der Waals surface area (Å²) in [7, 11) is 0. The van der Waals surface area contributed by atoms with Crippen molar-refractivity contribution in [2.75, 3.05) is 18.8 Å². The fourth-order valence-electron chi connectivity index (χ4n) is 1.80. The molecule has 114 valence electrons. The molecule has 0 aliphatic heterocycles. The van der Waals surface area contributed by atoms with Gasteiger partial charge in [0.25, 0.3) is 0 Å². The zero-order chi connectivity index (χ0) is 15.2. The molecule has 21 heavy (non-hydrogen) atoms. The molecule has 0 aliphatic carbocycles. The Hall–Kier alpha value is -1.29. The Kier molecular flexibility index (Phi) is 10.5. The van der Waals surface area contributed by atoms with Crippen LogP contribution in [0, 0.1) is 0 Å². The second-order valence-corrected chi connectivity index (χ2v) is 5.81. The third-order valence-electron chi connectivity index (χ3n) is 2.89. The van der Waals surface area contributed by atoms with Gasteiger partial charge in [-0.05, 0) is 30.5 Å². The molecule has 0 radical (unpaired) electrons. The van der Waals surface area contributed by atoms with Crippen molar-refractivity contribution < 1.29 is 0 Å². The number of nitrogens with two attached hydrogens (primary N) is 2. The summed E-state index contributed by atoms with van der Waals surface area (Å²) in [6.07, 6.45) is 2.20. The van der Waals surface area contributed by atoms with Gasteiger partial charge >= 0.3 is 0 Å². The van der Waals surface area contributed by atoms with Gasteiger partial charge in [-0.3, -0.25) is 0 Å². The van der Waals surface area contributed by atoms with E-state index in [1.165, 1.54) is 11.1 Å². The standard InChI is InChI=1S/C9H13NS.C9H13N/c10-6-7-11-8-9-4-2-1-3-5-9;10-8-4-7-9-5-2-1-3-6-9/h1-5H,6-8,10H2;1-3,5-6H,4,7-8,10H2. The molecule has 0 spiro atoms. The van der Waals surface area contributed by atoms with Gasteiger partial charge in [-0.1, -0.05) is 60.7 Å². The molecular formula is C18H26N2S. The molecule has 2 aromatic rings. The van der Waals surface area contributed by atoms with Crippen LogP contribution in [0.5, 0.6) is 0 Å². The van der Waals surface area contributed by atoms with Crippen molar-refractivity contribution in [2.24, 2.45) is 11.5 Å². The highest BCUT2D eigenvalue weighted by Gasteiger charge is 1.89. The van der Waals surface area contributed by atoms with Crippen LogP contribution in [0.25, 0.3) is 0 Å². The lowest BCUT2D eigenvalue weighted by atomic mass is 10.1. The second kappa shape index (κ2) is 12.5. The highest BCUT2D eigenvalue weighted by atomic mass is 32.2. The molecule has 3 heteroatoms. The van der Waals surface area contributed by atoms with E-state index in [9.17, 15) is 0 Å². The summed E-state index contributed by atoms with van der Waals surface area (Å²) in [5.74, 6) is 2.13. The molecule has 0 atom stereocenters. The number of hydrogen-bond acceptors (Lipinski definition) is 3. The Labute approximate surface area is 132 Å². The van der Waals surface area contributed by atoms with Crippen molar-refractivity contribution in [2.45, 2.75) is 18.6 Å². The quantitative estimate of drug-likeness (QED) is 0.770. The molecule has 2 nitrogen and oxygen atoms in total. The third-order valence-corrected chi connectivity index (χ3v) is 3.95. The first-order valence-corrected chi connectivity index (χ1v) is 8.58. The fourth-order valence-corrected chi connectivity index (χ4v) is 2.54. The number of thioether (sulfide) groups is 1. The maximum atomic E-state index is 5.38. The smallest absolute Gasteiger partial charge is 0.0185 e. The first kappa shape index (κ1) is 17.8. The largest absolute Gasteiger partial charge is 0.330 e. The SMILES string of the molecule is NCCCc1ccccc1.NCCSCc1ccccc1. The number of benzene rings is 2. The highest BCUT2D eigenvalue weighted by molar-refractivity contribution is 7.98. The maximum absolute atomic E-state index is 5.38. The van der Waals surface area contributed by atoms with Gasteiger partial charge in [0.2, 0.25) is 0 Å². The lowest BCUT2D eigenvalue weighted by Crippen LogP contribution is -2.01. The first-order chi connectivity index (χ1) is 10.4. The Balaban J connectivity index is 0.000000211. The minimum Gasteiger partial charge on any atom is -0.330 e. The van der Waals surface area contributed by atoms with Crippen molar-refractivity contribution in [3.05, 3.63) is 71.8 Å². The molecule has 0 fully saturated rings.